The SMILES string of the molecule is N#Cc1c(CO)cc(S(=O)(=O)Cl)cc1[N+](=O)[O-]. The van der Waals surface area contributed by atoms with Crippen LogP contribution in [0.3, 0.4) is 0 Å². The van der Waals surface area contributed by atoms with Crippen LogP contribution < -0.4 is 0 Å². The molecule has 0 aliphatic rings. The summed E-state index contributed by atoms with van der Waals surface area (Å²) < 4.78 is 22.1. The minimum atomic E-state index is -4.17. The fourth-order valence-electron chi connectivity index (χ4n) is 1.20. The van der Waals surface area contributed by atoms with Gasteiger partial charge >= 0.3 is 0 Å². The Labute approximate surface area is 100 Å². The highest BCUT2D eigenvalue weighted by Crippen LogP contribution is 2.28. The van der Waals surface area contributed by atoms with Crippen LogP contribution in [0.1, 0.15) is 11.1 Å². The Balaban J connectivity index is 3.71. The molecule has 1 aromatic carbocycles. The Kier molecular flexibility index (Phi) is 3.67. The highest BCUT2D eigenvalue weighted by molar-refractivity contribution is 8.13. The molecule has 0 aliphatic carbocycles. The molecule has 0 saturated carbocycles. The molecule has 1 rings (SSSR count). The number of nitriles is 1. The number of benzene rings is 1. The van der Waals surface area contributed by atoms with Gasteiger partial charge in [0, 0.05) is 22.3 Å². The maximum Gasteiger partial charge on any atom is 0.288 e. The van der Waals surface area contributed by atoms with Gasteiger partial charge in [-0.1, -0.05) is 0 Å². The summed E-state index contributed by atoms with van der Waals surface area (Å²) in [4.78, 5) is 9.22. The number of hydrogen-bond acceptors (Lipinski definition) is 6. The van der Waals surface area contributed by atoms with Crippen molar-refractivity contribution in [3.05, 3.63) is 33.4 Å². The summed E-state index contributed by atoms with van der Waals surface area (Å²) >= 11 is 0. The first kappa shape index (κ1) is 13.4. The summed E-state index contributed by atoms with van der Waals surface area (Å²) in [7, 11) is 0.876. The van der Waals surface area contributed by atoms with Crippen LogP contribution in [0.4, 0.5) is 5.69 Å². The second-order valence-electron chi connectivity index (χ2n) is 2.94. The van der Waals surface area contributed by atoms with Crippen molar-refractivity contribution in [3.63, 3.8) is 0 Å². The Morgan fingerprint density at radius 1 is 1.53 bits per heavy atom. The van der Waals surface area contributed by atoms with Crippen LogP contribution in [-0.2, 0) is 15.7 Å². The fourth-order valence-corrected chi connectivity index (χ4v) is 2.00. The lowest BCUT2D eigenvalue weighted by atomic mass is 10.1. The van der Waals surface area contributed by atoms with Crippen molar-refractivity contribution in [2.45, 2.75) is 11.5 Å². The average molecular weight is 277 g/mol. The molecule has 0 unspecified atom stereocenters. The van der Waals surface area contributed by atoms with Gasteiger partial charge in [0.25, 0.3) is 14.7 Å². The van der Waals surface area contributed by atoms with Crippen LogP contribution in [0.25, 0.3) is 0 Å². The van der Waals surface area contributed by atoms with Crippen molar-refractivity contribution < 1.29 is 18.4 Å². The Morgan fingerprint density at radius 2 is 2.12 bits per heavy atom. The second-order valence-corrected chi connectivity index (χ2v) is 5.51. The van der Waals surface area contributed by atoms with Gasteiger partial charge in [-0.25, -0.2) is 8.42 Å². The molecule has 0 aromatic heterocycles. The molecule has 0 saturated heterocycles. The maximum absolute atomic E-state index is 11.1. The lowest BCUT2D eigenvalue weighted by molar-refractivity contribution is -0.385. The van der Waals surface area contributed by atoms with Crippen molar-refractivity contribution in [1.29, 1.82) is 5.26 Å². The fraction of sp³-hybridized carbons (Fsp3) is 0.125. The van der Waals surface area contributed by atoms with E-state index in [0.717, 1.165) is 6.07 Å². The third-order valence-corrected chi connectivity index (χ3v) is 3.27. The van der Waals surface area contributed by atoms with Crippen molar-refractivity contribution in [3.8, 4) is 6.07 Å². The van der Waals surface area contributed by atoms with E-state index in [4.69, 9.17) is 21.1 Å². The predicted molar refractivity (Wildman–Crippen MR) is 56.8 cm³/mol. The molecule has 0 fully saturated rings. The smallest absolute Gasteiger partial charge is 0.288 e. The van der Waals surface area contributed by atoms with E-state index in [9.17, 15) is 18.5 Å². The number of halogens is 1. The summed E-state index contributed by atoms with van der Waals surface area (Å²) in [5, 5.41) is 28.3. The molecule has 90 valence electrons. The number of nitrogens with zero attached hydrogens (tertiary/aromatic N) is 2. The van der Waals surface area contributed by atoms with Gasteiger partial charge in [0.15, 0.2) is 0 Å². The summed E-state index contributed by atoms with van der Waals surface area (Å²) in [6.07, 6.45) is 0. The van der Waals surface area contributed by atoms with Gasteiger partial charge in [0.2, 0.25) is 0 Å². The van der Waals surface area contributed by atoms with E-state index in [1.807, 2.05) is 0 Å². The van der Waals surface area contributed by atoms with E-state index in [2.05, 4.69) is 0 Å². The number of aliphatic hydroxyl groups is 1. The van der Waals surface area contributed by atoms with Crippen molar-refractivity contribution in [2.75, 3.05) is 0 Å². The topological polar surface area (TPSA) is 121 Å². The number of nitro benzene ring substituents is 1. The first-order valence-corrected chi connectivity index (χ1v) is 6.39. The van der Waals surface area contributed by atoms with Crippen LogP contribution in [0, 0.1) is 21.4 Å². The first-order chi connectivity index (χ1) is 7.81. The zero-order chi connectivity index (χ0) is 13.2. The highest BCUT2D eigenvalue weighted by Gasteiger charge is 2.23. The third kappa shape index (κ3) is 2.71. The summed E-state index contributed by atoms with van der Waals surface area (Å²) in [6.45, 7) is -0.704. The lowest BCUT2D eigenvalue weighted by Gasteiger charge is -2.04. The molecular formula is C8H5ClN2O5S. The van der Waals surface area contributed by atoms with Crippen LogP contribution in [-0.4, -0.2) is 18.4 Å². The molecule has 1 aromatic rings. The van der Waals surface area contributed by atoms with E-state index in [0.29, 0.717) is 6.07 Å². The van der Waals surface area contributed by atoms with Crippen LogP contribution >= 0.6 is 10.7 Å². The monoisotopic (exact) mass is 276 g/mol. The normalized spacial score (nSPS) is 10.9. The Hall–Kier alpha value is -1.69. The number of nitro groups is 1. The minimum absolute atomic E-state index is 0.166. The number of hydrogen-bond donors (Lipinski definition) is 1. The van der Waals surface area contributed by atoms with E-state index in [1.165, 1.54) is 6.07 Å². The van der Waals surface area contributed by atoms with Gasteiger partial charge in [-0.15, -0.1) is 0 Å². The van der Waals surface area contributed by atoms with Crippen molar-refractivity contribution >= 4 is 25.4 Å². The zero-order valence-corrected chi connectivity index (χ0v) is 9.70. The largest absolute Gasteiger partial charge is 0.392 e. The van der Waals surface area contributed by atoms with Gasteiger partial charge in [0.05, 0.1) is 16.4 Å². The van der Waals surface area contributed by atoms with Crippen LogP contribution in [0.5, 0.6) is 0 Å². The van der Waals surface area contributed by atoms with Crippen LogP contribution in [0.2, 0.25) is 0 Å². The standard InChI is InChI=1S/C8H5ClN2O5S/c9-17(15,16)6-1-5(4-12)7(3-10)8(2-6)11(13)14/h1-2,12H,4H2. The predicted octanol–water partition coefficient (Wildman–Crippen LogP) is 0.886. The van der Waals surface area contributed by atoms with Crippen LogP contribution in [0.15, 0.2) is 17.0 Å². The molecular weight excluding hydrogens is 272 g/mol. The molecule has 0 aliphatic heterocycles. The first-order valence-electron chi connectivity index (χ1n) is 4.08. The van der Waals surface area contributed by atoms with Gasteiger partial charge in [-0.2, -0.15) is 5.26 Å². The Morgan fingerprint density at radius 3 is 2.47 bits per heavy atom. The highest BCUT2D eigenvalue weighted by atomic mass is 35.7. The zero-order valence-electron chi connectivity index (χ0n) is 8.12. The molecule has 0 atom stereocenters. The maximum atomic E-state index is 11.1. The molecule has 9 heteroatoms. The molecule has 0 spiro atoms. The molecule has 7 nitrogen and oxygen atoms in total. The van der Waals surface area contributed by atoms with Crippen molar-refractivity contribution in [2.24, 2.45) is 0 Å². The van der Waals surface area contributed by atoms with E-state index < -0.39 is 31.2 Å². The lowest BCUT2D eigenvalue weighted by Crippen LogP contribution is -2.02. The number of rotatable bonds is 3. The van der Waals surface area contributed by atoms with Gasteiger partial charge in [-0.3, -0.25) is 10.1 Å². The van der Waals surface area contributed by atoms with Gasteiger partial charge < -0.3 is 5.11 Å². The van der Waals surface area contributed by atoms with E-state index in [1.54, 1.807) is 0 Å². The molecule has 1 N–H and O–H groups in total. The molecule has 0 radical (unpaired) electrons. The average Bonchev–Trinajstić information content (AvgIpc) is 2.25. The number of aliphatic hydroxyl groups excluding tert-OH is 1. The second kappa shape index (κ2) is 4.67. The molecule has 17 heavy (non-hydrogen) atoms. The van der Waals surface area contributed by atoms with Gasteiger partial charge in [0.1, 0.15) is 11.6 Å². The van der Waals surface area contributed by atoms with E-state index in [-0.39, 0.29) is 11.1 Å². The minimum Gasteiger partial charge on any atom is -0.392 e. The molecule has 0 heterocycles. The van der Waals surface area contributed by atoms with Crippen molar-refractivity contribution in [1.82, 2.24) is 0 Å². The van der Waals surface area contributed by atoms with Gasteiger partial charge in [-0.05, 0) is 6.07 Å². The summed E-state index contributed by atoms with van der Waals surface area (Å²) in [5.41, 5.74) is -1.26. The molecule has 0 bridgehead atoms. The van der Waals surface area contributed by atoms with E-state index >= 15 is 0 Å². The Bertz CT molecular complexity index is 620. The molecule has 0 amide bonds. The quantitative estimate of drug-likeness (QED) is 0.497. The third-order valence-electron chi connectivity index (χ3n) is 1.93. The summed E-state index contributed by atoms with van der Waals surface area (Å²) in [6, 6.07) is 3.14. The summed E-state index contributed by atoms with van der Waals surface area (Å²) in [5.74, 6) is 0.